The molecule has 0 saturated carbocycles. The highest BCUT2D eigenvalue weighted by molar-refractivity contribution is 5.96. The maximum atomic E-state index is 11.8. The molecule has 1 amide bonds. The zero-order valence-corrected chi connectivity index (χ0v) is 10.1. The Hall–Kier alpha value is -1.51. The minimum absolute atomic E-state index is 0.117. The SMILES string of the molecule is CCC(C)CNC(=O)c1cccc(O)c1C. The molecular weight excluding hydrogens is 202 g/mol. The molecular formula is C13H19NO2. The monoisotopic (exact) mass is 221 g/mol. The lowest BCUT2D eigenvalue weighted by atomic mass is 10.1. The quantitative estimate of drug-likeness (QED) is 0.820. The van der Waals surface area contributed by atoms with E-state index in [2.05, 4.69) is 19.2 Å². The van der Waals surface area contributed by atoms with Crippen LogP contribution < -0.4 is 5.32 Å². The van der Waals surface area contributed by atoms with Crippen molar-refractivity contribution in [2.75, 3.05) is 6.54 Å². The molecule has 0 aliphatic heterocycles. The Kier molecular flexibility index (Phi) is 4.35. The van der Waals surface area contributed by atoms with E-state index in [1.54, 1.807) is 25.1 Å². The predicted molar refractivity (Wildman–Crippen MR) is 64.6 cm³/mol. The molecule has 0 heterocycles. The molecule has 1 atom stereocenters. The molecule has 0 aliphatic rings. The number of rotatable bonds is 4. The first-order valence-electron chi connectivity index (χ1n) is 5.63. The molecule has 16 heavy (non-hydrogen) atoms. The molecule has 88 valence electrons. The molecule has 0 saturated heterocycles. The van der Waals surface area contributed by atoms with Gasteiger partial charge in [-0.25, -0.2) is 0 Å². The maximum Gasteiger partial charge on any atom is 0.251 e. The Balaban J connectivity index is 2.70. The number of hydrogen-bond acceptors (Lipinski definition) is 2. The molecule has 1 unspecified atom stereocenters. The van der Waals surface area contributed by atoms with Crippen molar-refractivity contribution in [1.82, 2.24) is 5.32 Å². The molecule has 1 aromatic carbocycles. The molecule has 0 aliphatic carbocycles. The summed E-state index contributed by atoms with van der Waals surface area (Å²) in [5.41, 5.74) is 1.17. The zero-order valence-electron chi connectivity index (χ0n) is 10.1. The molecule has 1 aromatic rings. The van der Waals surface area contributed by atoms with Crippen LogP contribution in [0.1, 0.15) is 36.2 Å². The Labute approximate surface area is 96.5 Å². The van der Waals surface area contributed by atoms with Crippen molar-refractivity contribution in [3.8, 4) is 5.75 Å². The third-order valence-electron chi connectivity index (χ3n) is 2.86. The first-order chi connectivity index (χ1) is 7.56. The fraction of sp³-hybridized carbons (Fsp3) is 0.462. The molecule has 0 spiro atoms. The van der Waals surface area contributed by atoms with Crippen molar-refractivity contribution in [2.24, 2.45) is 5.92 Å². The first kappa shape index (κ1) is 12.6. The topological polar surface area (TPSA) is 49.3 Å². The molecule has 2 N–H and O–H groups in total. The van der Waals surface area contributed by atoms with E-state index < -0.39 is 0 Å². The summed E-state index contributed by atoms with van der Waals surface area (Å²) in [6, 6.07) is 4.99. The highest BCUT2D eigenvalue weighted by atomic mass is 16.3. The lowest BCUT2D eigenvalue weighted by molar-refractivity contribution is 0.0947. The van der Waals surface area contributed by atoms with Gasteiger partial charge in [-0.2, -0.15) is 0 Å². The van der Waals surface area contributed by atoms with Gasteiger partial charge in [-0.1, -0.05) is 26.3 Å². The van der Waals surface area contributed by atoms with Crippen molar-refractivity contribution in [3.63, 3.8) is 0 Å². The third kappa shape index (κ3) is 2.99. The van der Waals surface area contributed by atoms with E-state index in [9.17, 15) is 9.90 Å². The van der Waals surface area contributed by atoms with Gasteiger partial charge in [0.25, 0.3) is 5.91 Å². The van der Waals surface area contributed by atoms with Crippen molar-refractivity contribution in [3.05, 3.63) is 29.3 Å². The fourth-order valence-electron chi connectivity index (χ4n) is 1.38. The normalized spacial score (nSPS) is 12.2. The van der Waals surface area contributed by atoms with Crippen molar-refractivity contribution in [1.29, 1.82) is 0 Å². The third-order valence-corrected chi connectivity index (χ3v) is 2.86. The minimum Gasteiger partial charge on any atom is -0.508 e. The van der Waals surface area contributed by atoms with Gasteiger partial charge in [0.1, 0.15) is 5.75 Å². The molecule has 0 fully saturated rings. The number of phenolic OH excluding ortho intramolecular Hbond substituents is 1. The highest BCUT2D eigenvalue weighted by Gasteiger charge is 2.11. The van der Waals surface area contributed by atoms with Crippen LogP contribution in [0.15, 0.2) is 18.2 Å². The standard InChI is InChI=1S/C13H19NO2/c1-4-9(2)8-14-13(16)11-6-5-7-12(15)10(11)3/h5-7,9,15H,4,8H2,1-3H3,(H,14,16). The molecule has 3 heteroatoms. The Bertz CT molecular complexity index is 374. The number of carbonyl (C=O) groups excluding carboxylic acids is 1. The second-order valence-corrected chi connectivity index (χ2v) is 4.17. The van der Waals surface area contributed by atoms with Gasteiger partial charge in [0, 0.05) is 17.7 Å². The summed E-state index contributed by atoms with van der Waals surface area (Å²) in [7, 11) is 0. The second kappa shape index (κ2) is 5.54. The van der Waals surface area contributed by atoms with Crippen LogP contribution in [-0.2, 0) is 0 Å². The van der Waals surface area contributed by atoms with Gasteiger partial charge in [-0.15, -0.1) is 0 Å². The average Bonchev–Trinajstić information content (AvgIpc) is 2.29. The second-order valence-electron chi connectivity index (χ2n) is 4.17. The maximum absolute atomic E-state index is 11.8. The number of aromatic hydroxyl groups is 1. The number of benzene rings is 1. The number of phenols is 1. The van der Waals surface area contributed by atoms with Crippen LogP contribution in [0.2, 0.25) is 0 Å². The van der Waals surface area contributed by atoms with Crippen LogP contribution in [0.25, 0.3) is 0 Å². The van der Waals surface area contributed by atoms with E-state index in [0.29, 0.717) is 23.6 Å². The van der Waals surface area contributed by atoms with Crippen LogP contribution in [0.5, 0.6) is 5.75 Å². The van der Waals surface area contributed by atoms with Gasteiger partial charge in [0.15, 0.2) is 0 Å². The predicted octanol–water partition coefficient (Wildman–Crippen LogP) is 2.48. The Morgan fingerprint density at radius 2 is 2.19 bits per heavy atom. The largest absolute Gasteiger partial charge is 0.508 e. The summed E-state index contributed by atoms with van der Waals surface area (Å²) in [5, 5.41) is 12.4. The molecule has 0 radical (unpaired) electrons. The number of nitrogens with one attached hydrogen (secondary N) is 1. The summed E-state index contributed by atoms with van der Waals surface area (Å²) in [4.78, 5) is 11.8. The molecule has 3 nitrogen and oxygen atoms in total. The highest BCUT2D eigenvalue weighted by Crippen LogP contribution is 2.19. The number of carbonyl (C=O) groups is 1. The van der Waals surface area contributed by atoms with E-state index in [0.717, 1.165) is 6.42 Å². The van der Waals surface area contributed by atoms with Gasteiger partial charge >= 0.3 is 0 Å². The van der Waals surface area contributed by atoms with Gasteiger partial charge < -0.3 is 10.4 Å². The lowest BCUT2D eigenvalue weighted by Gasteiger charge is -2.11. The van der Waals surface area contributed by atoms with Crippen LogP contribution in [0.4, 0.5) is 0 Å². The smallest absolute Gasteiger partial charge is 0.251 e. The number of hydrogen-bond donors (Lipinski definition) is 2. The minimum atomic E-state index is -0.117. The molecule has 0 bridgehead atoms. The fourth-order valence-corrected chi connectivity index (χ4v) is 1.38. The van der Waals surface area contributed by atoms with Crippen molar-refractivity contribution in [2.45, 2.75) is 27.2 Å². The first-order valence-corrected chi connectivity index (χ1v) is 5.63. The Morgan fingerprint density at radius 3 is 2.81 bits per heavy atom. The summed E-state index contributed by atoms with van der Waals surface area (Å²) in [6.07, 6.45) is 1.04. The van der Waals surface area contributed by atoms with Crippen molar-refractivity contribution >= 4 is 5.91 Å². The Morgan fingerprint density at radius 1 is 1.50 bits per heavy atom. The summed E-state index contributed by atoms with van der Waals surface area (Å²) in [5.74, 6) is 0.520. The van der Waals surface area contributed by atoms with E-state index in [1.807, 2.05) is 0 Å². The van der Waals surface area contributed by atoms with Crippen molar-refractivity contribution < 1.29 is 9.90 Å². The zero-order chi connectivity index (χ0) is 12.1. The number of amides is 1. The van der Waals surface area contributed by atoms with E-state index in [1.165, 1.54) is 0 Å². The summed E-state index contributed by atoms with van der Waals surface area (Å²) < 4.78 is 0. The van der Waals surface area contributed by atoms with Crippen LogP contribution in [0, 0.1) is 12.8 Å². The van der Waals surface area contributed by atoms with Gasteiger partial charge in [0.2, 0.25) is 0 Å². The van der Waals surface area contributed by atoms with Crippen LogP contribution in [0.3, 0.4) is 0 Å². The van der Waals surface area contributed by atoms with Gasteiger partial charge in [0.05, 0.1) is 0 Å². The van der Waals surface area contributed by atoms with E-state index in [-0.39, 0.29) is 11.7 Å². The van der Waals surface area contributed by atoms with Gasteiger partial charge in [-0.05, 0) is 25.0 Å². The van der Waals surface area contributed by atoms with Crippen LogP contribution in [-0.4, -0.2) is 17.6 Å². The van der Waals surface area contributed by atoms with Crippen LogP contribution >= 0.6 is 0 Å². The summed E-state index contributed by atoms with van der Waals surface area (Å²) in [6.45, 7) is 6.60. The lowest BCUT2D eigenvalue weighted by Crippen LogP contribution is -2.28. The summed E-state index contributed by atoms with van der Waals surface area (Å²) >= 11 is 0. The molecule has 0 aromatic heterocycles. The van der Waals surface area contributed by atoms with Gasteiger partial charge in [-0.3, -0.25) is 4.79 Å². The molecule has 1 rings (SSSR count). The average molecular weight is 221 g/mol. The van der Waals surface area contributed by atoms with E-state index >= 15 is 0 Å². The van der Waals surface area contributed by atoms with E-state index in [4.69, 9.17) is 0 Å².